The first-order chi connectivity index (χ1) is 18.1. The van der Waals surface area contributed by atoms with Gasteiger partial charge in [0.05, 0.1) is 28.1 Å². The lowest BCUT2D eigenvalue weighted by molar-refractivity contribution is -0.137. The molecule has 1 saturated heterocycles. The monoisotopic (exact) mass is 533 g/mol. The number of alkyl halides is 3. The van der Waals surface area contributed by atoms with E-state index in [1.165, 1.54) is 6.07 Å². The molecule has 38 heavy (non-hydrogen) atoms. The van der Waals surface area contributed by atoms with Gasteiger partial charge in [-0.2, -0.15) is 13.2 Å². The molecule has 6 rings (SSSR count). The van der Waals surface area contributed by atoms with Gasteiger partial charge in [0.15, 0.2) is 0 Å². The summed E-state index contributed by atoms with van der Waals surface area (Å²) in [5.41, 5.74) is 5.07. The maximum Gasteiger partial charge on any atom is 0.417 e. The molecule has 2 amide bonds. The molecule has 0 aromatic heterocycles. The third-order valence-corrected chi connectivity index (χ3v) is 8.23. The van der Waals surface area contributed by atoms with Crippen LogP contribution < -0.4 is 4.90 Å². The van der Waals surface area contributed by atoms with E-state index < -0.39 is 40.4 Å². The lowest BCUT2D eigenvalue weighted by Gasteiger charge is -2.22. The van der Waals surface area contributed by atoms with Crippen molar-refractivity contribution in [3.8, 4) is 0 Å². The Labute approximate surface area is 223 Å². The van der Waals surface area contributed by atoms with Crippen LogP contribution >= 0.6 is 11.6 Å². The molecule has 2 aliphatic carbocycles. The van der Waals surface area contributed by atoms with Gasteiger partial charge in [-0.1, -0.05) is 83.4 Å². The van der Waals surface area contributed by atoms with Gasteiger partial charge in [-0.25, -0.2) is 4.90 Å². The Morgan fingerprint density at radius 3 is 1.68 bits per heavy atom. The molecule has 0 spiro atoms. The Morgan fingerprint density at radius 1 is 0.763 bits per heavy atom. The summed E-state index contributed by atoms with van der Waals surface area (Å²) >= 11 is 5.78. The molecule has 3 aromatic carbocycles. The van der Waals surface area contributed by atoms with E-state index in [0.29, 0.717) is 0 Å². The molecule has 3 aromatic rings. The number of hydrogen-bond acceptors (Lipinski definition) is 2. The number of benzene rings is 3. The van der Waals surface area contributed by atoms with Crippen molar-refractivity contribution in [1.29, 1.82) is 0 Å². The van der Waals surface area contributed by atoms with E-state index >= 15 is 0 Å². The number of amides is 2. The second kappa shape index (κ2) is 8.70. The molecule has 2 bridgehead atoms. The van der Waals surface area contributed by atoms with Crippen molar-refractivity contribution in [2.75, 3.05) is 4.90 Å². The Kier molecular flexibility index (Phi) is 5.65. The summed E-state index contributed by atoms with van der Waals surface area (Å²) < 4.78 is 40.5. The lowest BCUT2D eigenvalue weighted by atomic mass is 9.85. The van der Waals surface area contributed by atoms with E-state index in [-0.39, 0.29) is 17.5 Å². The molecular weight excluding hydrogens is 511 g/mol. The van der Waals surface area contributed by atoms with Crippen LogP contribution in [-0.2, 0) is 15.8 Å². The van der Waals surface area contributed by atoms with Crippen LogP contribution in [0.1, 0.15) is 27.8 Å². The highest BCUT2D eigenvalue weighted by atomic mass is 35.5. The molecule has 0 radical (unpaired) electrons. The molecule has 1 heterocycles. The quantitative estimate of drug-likeness (QED) is 0.260. The van der Waals surface area contributed by atoms with Gasteiger partial charge < -0.3 is 0 Å². The highest BCUT2D eigenvalue weighted by Gasteiger charge is 2.62. The minimum absolute atomic E-state index is 0.103. The number of fused-ring (bicyclic) bond motifs is 5. The van der Waals surface area contributed by atoms with E-state index in [1.54, 1.807) is 0 Å². The molecule has 2 fully saturated rings. The number of carbonyl (C=O) groups is 2. The van der Waals surface area contributed by atoms with Crippen molar-refractivity contribution in [3.05, 3.63) is 117 Å². The Hall–Kier alpha value is -3.64. The van der Waals surface area contributed by atoms with Crippen LogP contribution in [-0.4, -0.2) is 11.8 Å². The fourth-order valence-electron chi connectivity index (χ4n) is 6.16. The summed E-state index contributed by atoms with van der Waals surface area (Å²) in [7, 11) is 0. The predicted molar refractivity (Wildman–Crippen MR) is 140 cm³/mol. The van der Waals surface area contributed by atoms with Gasteiger partial charge in [0.1, 0.15) is 0 Å². The van der Waals surface area contributed by atoms with Crippen LogP contribution in [0, 0.1) is 37.5 Å². The summed E-state index contributed by atoms with van der Waals surface area (Å²) in [5.74, 6) is -2.92. The minimum atomic E-state index is -4.71. The van der Waals surface area contributed by atoms with Gasteiger partial charge in [-0.15, -0.1) is 0 Å². The molecule has 192 valence electrons. The number of aryl methyl sites for hydroxylation is 2. The average molecular weight is 534 g/mol. The van der Waals surface area contributed by atoms with Gasteiger partial charge in [0.25, 0.3) is 0 Å². The summed E-state index contributed by atoms with van der Waals surface area (Å²) in [6.45, 7) is 4.03. The van der Waals surface area contributed by atoms with Crippen LogP contribution in [0.15, 0.2) is 84.5 Å². The molecule has 3 nitrogen and oxygen atoms in total. The van der Waals surface area contributed by atoms with Crippen molar-refractivity contribution in [2.24, 2.45) is 23.7 Å². The fourth-order valence-corrected chi connectivity index (χ4v) is 6.39. The Balaban J connectivity index is 1.46. The Morgan fingerprint density at radius 2 is 1.24 bits per heavy atom. The fraction of sp³-hybridized carbons (Fsp3) is 0.226. The number of hydrogen-bond donors (Lipinski definition) is 0. The van der Waals surface area contributed by atoms with E-state index in [0.717, 1.165) is 50.4 Å². The zero-order valence-corrected chi connectivity index (χ0v) is 21.3. The van der Waals surface area contributed by atoms with Gasteiger partial charge in [0, 0.05) is 11.8 Å². The van der Waals surface area contributed by atoms with E-state index in [2.05, 4.69) is 0 Å². The standard InChI is InChI=1S/C31H23ClF3NO2/c1-16-3-7-18(8-4-16)25(19-9-5-17(2)6-10-19)26-21-12-13-22(26)28-27(21)29(37)36(30(28)38)20-11-14-24(32)23(15-20)31(33,34)35/h3-15,21-22,27-28H,1-2H3/t21-,22-,27-,28-/m1/s1. The number of nitrogens with zero attached hydrogens (tertiary/aromatic N) is 1. The lowest BCUT2D eigenvalue weighted by Crippen LogP contribution is -2.33. The summed E-state index contributed by atoms with van der Waals surface area (Å²) in [6, 6.07) is 19.5. The van der Waals surface area contributed by atoms with Crippen LogP contribution in [0.3, 0.4) is 0 Å². The van der Waals surface area contributed by atoms with Crippen molar-refractivity contribution >= 4 is 34.7 Å². The number of imide groups is 1. The van der Waals surface area contributed by atoms with Crippen LogP contribution in [0.25, 0.3) is 5.57 Å². The number of rotatable bonds is 3. The first-order valence-corrected chi connectivity index (χ1v) is 12.7. The van der Waals surface area contributed by atoms with Crippen molar-refractivity contribution in [2.45, 2.75) is 20.0 Å². The highest BCUT2D eigenvalue weighted by Crippen LogP contribution is 2.59. The zero-order valence-electron chi connectivity index (χ0n) is 20.6. The number of allylic oxidation sites excluding steroid dienone is 3. The van der Waals surface area contributed by atoms with E-state index in [4.69, 9.17) is 11.6 Å². The number of halogens is 4. The maximum absolute atomic E-state index is 13.7. The molecule has 7 heteroatoms. The first-order valence-electron chi connectivity index (χ1n) is 12.4. The zero-order chi connectivity index (χ0) is 26.9. The molecule has 0 N–H and O–H groups in total. The van der Waals surface area contributed by atoms with Gasteiger partial charge in [-0.05, 0) is 54.3 Å². The smallest absolute Gasteiger partial charge is 0.274 e. The molecule has 1 saturated carbocycles. The van der Waals surface area contributed by atoms with Crippen molar-refractivity contribution in [1.82, 2.24) is 0 Å². The van der Waals surface area contributed by atoms with Crippen molar-refractivity contribution in [3.63, 3.8) is 0 Å². The van der Waals surface area contributed by atoms with Gasteiger partial charge >= 0.3 is 6.18 Å². The summed E-state index contributed by atoms with van der Waals surface area (Å²) in [6.07, 6.45) is -0.759. The molecule has 3 aliphatic rings. The third kappa shape index (κ3) is 3.73. The van der Waals surface area contributed by atoms with E-state index in [1.807, 2.05) is 74.5 Å². The van der Waals surface area contributed by atoms with Gasteiger partial charge in [-0.3, -0.25) is 9.59 Å². The second-order valence-electron chi connectivity index (χ2n) is 10.2. The molecular formula is C31H23ClF3NO2. The molecule has 1 aliphatic heterocycles. The number of anilines is 1. The predicted octanol–water partition coefficient (Wildman–Crippen LogP) is 7.40. The van der Waals surface area contributed by atoms with Crippen LogP contribution in [0.4, 0.5) is 18.9 Å². The summed E-state index contributed by atoms with van der Waals surface area (Å²) in [4.78, 5) is 28.3. The Bertz CT molecular complexity index is 1460. The van der Waals surface area contributed by atoms with Crippen LogP contribution in [0.2, 0.25) is 5.02 Å². The minimum Gasteiger partial charge on any atom is -0.274 e. The average Bonchev–Trinajstić information content (AvgIpc) is 3.50. The summed E-state index contributed by atoms with van der Waals surface area (Å²) in [5, 5.41) is -0.478. The van der Waals surface area contributed by atoms with Gasteiger partial charge in [0.2, 0.25) is 11.8 Å². The second-order valence-corrected chi connectivity index (χ2v) is 10.6. The highest BCUT2D eigenvalue weighted by molar-refractivity contribution is 6.31. The normalized spacial score (nSPS) is 23.9. The topological polar surface area (TPSA) is 37.4 Å². The largest absolute Gasteiger partial charge is 0.417 e. The first kappa shape index (κ1) is 24.7. The third-order valence-electron chi connectivity index (χ3n) is 7.90. The number of carbonyl (C=O) groups excluding carboxylic acids is 2. The maximum atomic E-state index is 13.7. The SMILES string of the molecule is Cc1ccc(C(=C2[C@H]3C=C[C@H]2[C@H]2C(=O)N(c4ccc(Cl)c(C(F)(F)F)c4)C(=O)[C@@H]23)c2ccc(C)cc2)cc1. The molecule has 0 unspecified atom stereocenters. The van der Waals surface area contributed by atoms with E-state index in [9.17, 15) is 22.8 Å². The van der Waals surface area contributed by atoms with Crippen molar-refractivity contribution < 1.29 is 22.8 Å². The molecule has 4 atom stereocenters. The van der Waals surface area contributed by atoms with Crippen LogP contribution in [0.5, 0.6) is 0 Å².